The normalized spacial score (nSPS) is 11.2. The molecule has 6 nitrogen and oxygen atoms in total. The van der Waals surface area contributed by atoms with Gasteiger partial charge in [0.25, 0.3) is 5.91 Å². The maximum atomic E-state index is 12.1. The number of rotatable bonds is 7. The van der Waals surface area contributed by atoms with Crippen molar-refractivity contribution in [2.45, 2.75) is 20.3 Å². The van der Waals surface area contributed by atoms with E-state index in [1.54, 1.807) is 19.4 Å². The molecule has 1 amide bonds. The number of carbonyl (C=O) groups is 1. The van der Waals surface area contributed by atoms with E-state index in [0.717, 1.165) is 6.42 Å². The summed E-state index contributed by atoms with van der Waals surface area (Å²) in [6.45, 7) is 5.41. The van der Waals surface area contributed by atoms with Crippen molar-refractivity contribution in [1.29, 1.82) is 0 Å². The molecule has 0 unspecified atom stereocenters. The van der Waals surface area contributed by atoms with Crippen LogP contribution >= 0.6 is 0 Å². The minimum absolute atomic E-state index is 0.0188. The van der Waals surface area contributed by atoms with E-state index in [9.17, 15) is 4.79 Å². The molecule has 1 rings (SSSR count). The zero-order chi connectivity index (χ0) is 14.3. The Balaban J connectivity index is 2.60. The summed E-state index contributed by atoms with van der Waals surface area (Å²) in [5.74, 6) is 5.18. The third kappa shape index (κ3) is 4.84. The Bertz CT molecular complexity index is 421. The van der Waals surface area contributed by atoms with E-state index in [2.05, 4.69) is 29.6 Å². The van der Waals surface area contributed by atoms with Crippen molar-refractivity contribution < 1.29 is 9.53 Å². The van der Waals surface area contributed by atoms with Gasteiger partial charge in [-0.25, -0.2) is 0 Å². The molecule has 1 heterocycles. The van der Waals surface area contributed by atoms with Crippen molar-refractivity contribution in [3.8, 4) is 0 Å². The molecule has 6 heteroatoms. The summed E-state index contributed by atoms with van der Waals surface area (Å²) >= 11 is 0. The number of nitrogens with zero attached hydrogens (tertiary/aromatic N) is 1. The third-order valence-electron chi connectivity index (χ3n) is 2.93. The standard InChI is InChI=1S/C13H22N4O2/c1-13(2,5-7-19-3)9-16-12(18)10-4-6-15-8-11(10)17-14/h4,6,8,17H,5,7,9,14H2,1-3H3,(H,16,18). The highest BCUT2D eigenvalue weighted by Gasteiger charge is 2.19. The number of hydrogen-bond acceptors (Lipinski definition) is 5. The Kier molecular flexibility index (Phi) is 5.72. The van der Waals surface area contributed by atoms with E-state index in [1.165, 1.54) is 6.20 Å². The molecule has 0 saturated heterocycles. The topological polar surface area (TPSA) is 89.3 Å². The Morgan fingerprint density at radius 2 is 2.26 bits per heavy atom. The average Bonchev–Trinajstić information content (AvgIpc) is 2.42. The van der Waals surface area contributed by atoms with Gasteiger partial charge in [0, 0.05) is 26.5 Å². The van der Waals surface area contributed by atoms with Crippen molar-refractivity contribution in [1.82, 2.24) is 10.3 Å². The maximum Gasteiger partial charge on any atom is 0.253 e. The fourth-order valence-corrected chi connectivity index (χ4v) is 1.59. The van der Waals surface area contributed by atoms with Crippen molar-refractivity contribution >= 4 is 11.6 Å². The second kappa shape index (κ2) is 7.06. The number of hydrazine groups is 1. The SMILES string of the molecule is COCCC(C)(C)CNC(=O)c1ccncc1NN. The molecule has 0 aliphatic carbocycles. The number of ether oxygens (including phenoxy) is 1. The average molecular weight is 266 g/mol. The van der Waals surface area contributed by atoms with E-state index >= 15 is 0 Å². The summed E-state index contributed by atoms with van der Waals surface area (Å²) in [5, 5.41) is 2.91. The molecule has 0 radical (unpaired) electrons. The fraction of sp³-hybridized carbons (Fsp3) is 0.538. The predicted molar refractivity (Wildman–Crippen MR) is 74.7 cm³/mol. The number of pyridine rings is 1. The lowest BCUT2D eigenvalue weighted by molar-refractivity contribution is 0.0921. The van der Waals surface area contributed by atoms with Crippen LogP contribution in [0.2, 0.25) is 0 Å². The summed E-state index contributed by atoms with van der Waals surface area (Å²) in [6.07, 6.45) is 3.96. The van der Waals surface area contributed by atoms with E-state index in [1.807, 2.05) is 0 Å². The van der Waals surface area contributed by atoms with Gasteiger partial charge in [0.05, 0.1) is 17.4 Å². The van der Waals surface area contributed by atoms with Crippen LogP contribution in [0.15, 0.2) is 18.5 Å². The maximum absolute atomic E-state index is 12.1. The number of nitrogen functional groups attached to an aromatic ring is 1. The molecule has 19 heavy (non-hydrogen) atoms. The van der Waals surface area contributed by atoms with Gasteiger partial charge in [-0.1, -0.05) is 13.8 Å². The van der Waals surface area contributed by atoms with Gasteiger partial charge in [-0.2, -0.15) is 0 Å². The Labute approximate surface area is 113 Å². The molecule has 0 aromatic carbocycles. The zero-order valence-corrected chi connectivity index (χ0v) is 11.7. The van der Waals surface area contributed by atoms with Crippen LogP contribution < -0.4 is 16.6 Å². The summed E-state index contributed by atoms with van der Waals surface area (Å²) in [4.78, 5) is 16.0. The highest BCUT2D eigenvalue weighted by Crippen LogP contribution is 2.19. The summed E-state index contributed by atoms with van der Waals surface area (Å²) in [5.41, 5.74) is 3.44. The number of amides is 1. The van der Waals surface area contributed by atoms with Crippen LogP contribution in [0.4, 0.5) is 5.69 Å². The number of aromatic nitrogens is 1. The highest BCUT2D eigenvalue weighted by molar-refractivity contribution is 5.99. The minimum atomic E-state index is -0.166. The van der Waals surface area contributed by atoms with E-state index in [0.29, 0.717) is 24.4 Å². The van der Waals surface area contributed by atoms with Crippen LogP contribution in [0.3, 0.4) is 0 Å². The summed E-state index contributed by atoms with van der Waals surface area (Å²) in [7, 11) is 1.67. The van der Waals surface area contributed by atoms with Crippen molar-refractivity contribution in [2.75, 3.05) is 25.7 Å². The van der Waals surface area contributed by atoms with E-state index < -0.39 is 0 Å². The first-order valence-corrected chi connectivity index (χ1v) is 6.18. The van der Waals surface area contributed by atoms with Gasteiger partial charge in [-0.15, -0.1) is 0 Å². The number of anilines is 1. The number of nitrogens with one attached hydrogen (secondary N) is 2. The lowest BCUT2D eigenvalue weighted by Crippen LogP contribution is -2.35. The second-order valence-corrected chi connectivity index (χ2v) is 5.16. The smallest absolute Gasteiger partial charge is 0.253 e. The molecule has 0 spiro atoms. The van der Waals surface area contributed by atoms with Gasteiger partial charge in [-0.3, -0.25) is 15.6 Å². The minimum Gasteiger partial charge on any atom is -0.385 e. The molecular formula is C13H22N4O2. The fourth-order valence-electron chi connectivity index (χ4n) is 1.59. The Hall–Kier alpha value is -1.66. The van der Waals surface area contributed by atoms with Crippen LogP contribution in [0, 0.1) is 5.41 Å². The third-order valence-corrected chi connectivity index (χ3v) is 2.93. The molecule has 0 aliphatic heterocycles. The van der Waals surface area contributed by atoms with Gasteiger partial charge in [0.1, 0.15) is 0 Å². The number of nitrogens with two attached hydrogens (primary N) is 1. The van der Waals surface area contributed by atoms with Crippen molar-refractivity contribution in [3.05, 3.63) is 24.0 Å². The van der Waals surface area contributed by atoms with Crippen LogP contribution in [-0.2, 0) is 4.74 Å². The number of carbonyl (C=O) groups excluding carboxylic acids is 1. The molecular weight excluding hydrogens is 244 g/mol. The highest BCUT2D eigenvalue weighted by atomic mass is 16.5. The first-order chi connectivity index (χ1) is 9.00. The first kappa shape index (κ1) is 15.4. The molecule has 0 fully saturated rings. The van der Waals surface area contributed by atoms with Gasteiger partial charge < -0.3 is 15.5 Å². The molecule has 1 aromatic rings. The predicted octanol–water partition coefficient (Wildman–Crippen LogP) is 1.16. The molecule has 0 bridgehead atoms. The Morgan fingerprint density at radius 1 is 1.53 bits per heavy atom. The van der Waals surface area contributed by atoms with Crippen LogP contribution in [0.5, 0.6) is 0 Å². The second-order valence-electron chi connectivity index (χ2n) is 5.16. The monoisotopic (exact) mass is 266 g/mol. The van der Waals surface area contributed by atoms with Gasteiger partial charge >= 0.3 is 0 Å². The Morgan fingerprint density at radius 3 is 2.89 bits per heavy atom. The number of methoxy groups -OCH3 is 1. The quantitative estimate of drug-likeness (QED) is 0.509. The molecule has 0 saturated carbocycles. The van der Waals surface area contributed by atoms with E-state index in [-0.39, 0.29) is 11.3 Å². The zero-order valence-electron chi connectivity index (χ0n) is 11.7. The van der Waals surface area contributed by atoms with Crippen LogP contribution in [0.25, 0.3) is 0 Å². The number of hydrogen-bond donors (Lipinski definition) is 3. The lowest BCUT2D eigenvalue weighted by Gasteiger charge is -2.24. The van der Waals surface area contributed by atoms with Gasteiger partial charge in [0.15, 0.2) is 0 Å². The largest absolute Gasteiger partial charge is 0.385 e. The van der Waals surface area contributed by atoms with E-state index in [4.69, 9.17) is 10.6 Å². The molecule has 1 aromatic heterocycles. The first-order valence-electron chi connectivity index (χ1n) is 6.18. The van der Waals surface area contributed by atoms with Crippen molar-refractivity contribution in [2.24, 2.45) is 11.3 Å². The lowest BCUT2D eigenvalue weighted by atomic mass is 9.89. The van der Waals surface area contributed by atoms with Gasteiger partial charge in [-0.05, 0) is 17.9 Å². The summed E-state index contributed by atoms with van der Waals surface area (Å²) in [6, 6.07) is 1.63. The molecule has 0 atom stereocenters. The molecule has 4 N–H and O–H groups in total. The van der Waals surface area contributed by atoms with Crippen molar-refractivity contribution in [3.63, 3.8) is 0 Å². The molecule has 106 valence electrons. The summed E-state index contributed by atoms with van der Waals surface area (Å²) < 4.78 is 5.06. The molecule has 0 aliphatic rings. The van der Waals surface area contributed by atoms with Crippen LogP contribution in [-0.4, -0.2) is 31.2 Å². The van der Waals surface area contributed by atoms with Crippen LogP contribution in [0.1, 0.15) is 30.6 Å². The van der Waals surface area contributed by atoms with Gasteiger partial charge in [0.2, 0.25) is 0 Å².